The van der Waals surface area contributed by atoms with Gasteiger partial charge in [-0.3, -0.25) is 4.99 Å². The lowest BCUT2D eigenvalue weighted by atomic mass is 10.0. The van der Waals surface area contributed by atoms with Gasteiger partial charge in [-0.05, 0) is 37.0 Å². The maximum atomic E-state index is 4.79. The first-order valence-corrected chi connectivity index (χ1v) is 8.51. The molecule has 0 bridgehead atoms. The molecule has 23 heavy (non-hydrogen) atoms. The standard InChI is InChI=1S/C21H28N2/c1-4-5-15-23-20(17-19-11-7-6-8-12-19)13-9-10-14-22-21(23)16-18(2)3/h4-14,18,21H,15-17H2,1-3H3/b5-4-,10-9-,20-13-,22-14+. The molecule has 1 aliphatic rings. The highest BCUT2D eigenvalue weighted by Crippen LogP contribution is 2.22. The van der Waals surface area contributed by atoms with Gasteiger partial charge in [0.1, 0.15) is 6.17 Å². The Morgan fingerprint density at radius 2 is 1.96 bits per heavy atom. The van der Waals surface area contributed by atoms with E-state index in [2.05, 4.69) is 80.3 Å². The van der Waals surface area contributed by atoms with Gasteiger partial charge in [-0.15, -0.1) is 0 Å². The van der Waals surface area contributed by atoms with Crippen molar-refractivity contribution < 1.29 is 0 Å². The van der Waals surface area contributed by atoms with E-state index in [0.29, 0.717) is 5.92 Å². The van der Waals surface area contributed by atoms with Crippen molar-refractivity contribution in [2.75, 3.05) is 6.54 Å². The summed E-state index contributed by atoms with van der Waals surface area (Å²) < 4.78 is 0. The fourth-order valence-corrected chi connectivity index (χ4v) is 2.77. The minimum absolute atomic E-state index is 0.200. The molecular formula is C21H28N2. The van der Waals surface area contributed by atoms with Gasteiger partial charge >= 0.3 is 0 Å². The molecule has 0 radical (unpaired) electrons. The topological polar surface area (TPSA) is 15.6 Å². The van der Waals surface area contributed by atoms with Crippen molar-refractivity contribution in [2.24, 2.45) is 10.9 Å². The number of hydrogen-bond donors (Lipinski definition) is 0. The largest absolute Gasteiger partial charge is 0.349 e. The molecule has 0 aliphatic carbocycles. The third-order valence-electron chi connectivity index (χ3n) is 3.92. The third kappa shape index (κ3) is 5.55. The quantitative estimate of drug-likeness (QED) is 0.675. The first-order valence-electron chi connectivity index (χ1n) is 8.51. The van der Waals surface area contributed by atoms with Crippen LogP contribution in [0.4, 0.5) is 0 Å². The summed E-state index contributed by atoms with van der Waals surface area (Å²) in [6, 6.07) is 10.7. The van der Waals surface area contributed by atoms with Gasteiger partial charge in [0.15, 0.2) is 0 Å². The molecule has 122 valence electrons. The van der Waals surface area contributed by atoms with E-state index in [1.54, 1.807) is 0 Å². The lowest BCUT2D eigenvalue weighted by molar-refractivity contribution is 0.244. The minimum atomic E-state index is 0.200. The summed E-state index contributed by atoms with van der Waals surface area (Å²) in [6.07, 6.45) is 14.8. The normalized spacial score (nSPS) is 23.4. The zero-order valence-corrected chi connectivity index (χ0v) is 14.5. The molecule has 0 aromatic heterocycles. The first-order chi connectivity index (χ1) is 11.2. The Morgan fingerprint density at radius 3 is 2.65 bits per heavy atom. The van der Waals surface area contributed by atoms with Gasteiger partial charge in [0.05, 0.1) is 0 Å². The van der Waals surface area contributed by atoms with E-state index in [-0.39, 0.29) is 6.17 Å². The van der Waals surface area contributed by atoms with Gasteiger partial charge in [-0.25, -0.2) is 0 Å². The van der Waals surface area contributed by atoms with Gasteiger partial charge in [0.25, 0.3) is 0 Å². The van der Waals surface area contributed by atoms with Crippen LogP contribution in [0.1, 0.15) is 32.8 Å². The van der Waals surface area contributed by atoms with Gasteiger partial charge in [0.2, 0.25) is 0 Å². The smallest absolute Gasteiger partial charge is 0.121 e. The maximum absolute atomic E-state index is 4.79. The van der Waals surface area contributed by atoms with Crippen molar-refractivity contribution in [2.45, 2.75) is 39.8 Å². The molecule has 1 aliphatic heterocycles. The summed E-state index contributed by atoms with van der Waals surface area (Å²) in [4.78, 5) is 7.23. The molecule has 0 amide bonds. The van der Waals surface area contributed by atoms with E-state index in [0.717, 1.165) is 19.4 Å². The molecule has 0 saturated carbocycles. The van der Waals surface area contributed by atoms with Crippen molar-refractivity contribution in [3.05, 3.63) is 72.0 Å². The fourth-order valence-electron chi connectivity index (χ4n) is 2.77. The molecule has 0 fully saturated rings. The number of rotatable bonds is 6. The Hall–Kier alpha value is -2.09. The van der Waals surface area contributed by atoms with Crippen LogP contribution in [0.25, 0.3) is 0 Å². The predicted octanol–water partition coefficient (Wildman–Crippen LogP) is 5.00. The number of hydrogen-bond acceptors (Lipinski definition) is 2. The van der Waals surface area contributed by atoms with Crippen LogP contribution >= 0.6 is 0 Å². The Balaban J connectivity index is 2.29. The van der Waals surface area contributed by atoms with Crippen LogP contribution in [-0.4, -0.2) is 23.8 Å². The van der Waals surface area contributed by atoms with E-state index >= 15 is 0 Å². The average molecular weight is 308 g/mol. The van der Waals surface area contributed by atoms with Gasteiger partial charge in [0, 0.05) is 24.9 Å². The fraction of sp³-hybridized carbons (Fsp3) is 0.381. The molecule has 2 nitrogen and oxygen atoms in total. The zero-order chi connectivity index (χ0) is 16.5. The third-order valence-corrected chi connectivity index (χ3v) is 3.92. The van der Waals surface area contributed by atoms with Crippen molar-refractivity contribution >= 4 is 6.21 Å². The van der Waals surface area contributed by atoms with Crippen molar-refractivity contribution in [3.8, 4) is 0 Å². The Bertz CT molecular complexity index is 579. The van der Waals surface area contributed by atoms with E-state index in [9.17, 15) is 0 Å². The zero-order valence-electron chi connectivity index (χ0n) is 14.5. The highest BCUT2D eigenvalue weighted by atomic mass is 15.2. The monoisotopic (exact) mass is 308 g/mol. The SMILES string of the molecule is C/C=C\CN1\C(Cc2ccccc2)=C/C=C\C=N\C1CC(C)C. The second kappa shape index (κ2) is 9.14. The van der Waals surface area contributed by atoms with E-state index in [1.807, 2.05) is 12.3 Å². The second-order valence-corrected chi connectivity index (χ2v) is 6.33. The highest BCUT2D eigenvalue weighted by molar-refractivity contribution is 5.72. The second-order valence-electron chi connectivity index (χ2n) is 6.33. The number of benzene rings is 1. The van der Waals surface area contributed by atoms with Crippen LogP contribution in [0.5, 0.6) is 0 Å². The summed E-state index contributed by atoms with van der Waals surface area (Å²) in [5.41, 5.74) is 2.67. The number of allylic oxidation sites excluding steroid dienone is 5. The predicted molar refractivity (Wildman–Crippen MR) is 101 cm³/mol. The first kappa shape index (κ1) is 17.3. The molecule has 2 rings (SSSR count). The van der Waals surface area contributed by atoms with Crippen LogP contribution in [0, 0.1) is 5.92 Å². The Kier molecular flexibility index (Phi) is 6.86. The van der Waals surface area contributed by atoms with Crippen LogP contribution in [-0.2, 0) is 6.42 Å². The number of nitrogens with zero attached hydrogens (tertiary/aromatic N) is 2. The average Bonchev–Trinajstić information content (AvgIpc) is 2.52. The molecular weight excluding hydrogens is 280 g/mol. The molecule has 0 spiro atoms. The lowest BCUT2D eigenvalue weighted by Gasteiger charge is -2.34. The summed E-state index contributed by atoms with van der Waals surface area (Å²) in [5.74, 6) is 0.617. The van der Waals surface area contributed by atoms with Crippen molar-refractivity contribution in [1.82, 2.24) is 4.90 Å². The van der Waals surface area contributed by atoms with Crippen LogP contribution in [0.3, 0.4) is 0 Å². The maximum Gasteiger partial charge on any atom is 0.121 e. The summed E-state index contributed by atoms with van der Waals surface area (Å²) in [6.45, 7) is 7.50. The Labute approximate surface area is 140 Å². The molecule has 1 unspecified atom stereocenters. The molecule has 1 heterocycles. The van der Waals surface area contributed by atoms with E-state index < -0.39 is 0 Å². The van der Waals surface area contributed by atoms with Crippen molar-refractivity contribution in [3.63, 3.8) is 0 Å². The molecule has 0 saturated heterocycles. The van der Waals surface area contributed by atoms with Gasteiger partial charge < -0.3 is 4.90 Å². The van der Waals surface area contributed by atoms with Gasteiger partial charge in [-0.2, -0.15) is 0 Å². The molecule has 1 atom stereocenters. The molecule has 2 heteroatoms. The summed E-state index contributed by atoms with van der Waals surface area (Å²) >= 11 is 0. The minimum Gasteiger partial charge on any atom is -0.349 e. The molecule has 1 aromatic rings. The van der Waals surface area contributed by atoms with Crippen LogP contribution in [0.2, 0.25) is 0 Å². The number of aliphatic imine (C=N–C) groups is 1. The van der Waals surface area contributed by atoms with E-state index in [1.165, 1.54) is 11.3 Å². The van der Waals surface area contributed by atoms with Crippen molar-refractivity contribution in [1.29, 1.82) is 0 Å². The highest BCUT2D eigenvalue weighted by Gasteiger charge is 2.20. The molecule has 0 N–H and O–H groups in total. The van der Waals surface area contributed by atoms with Crippen LogP contribution < -0.4 is 0 Å². The molecule has 1 aromatic carbocycles. The summed E-state index contributed by atoms with van der Waals surface area (Å²) in [5, 5.41) is 0. The van der Waals surface area contributed by atoms with E-state index in [4.69, 9.17) is 4.99 Å². The lowest BCUT2D eigenvalue weighted by Crippen LogP contribution is -2.35. The Morgan fingerprint density at radius 1 is 1.17 bits per heavy atom. The summed E-state index contributed by atoms with van der Waals surface area (Å²) in [7, 11) is 0. The van der Waals surface area contributed by atoms with Crippen LogP contribution in [0.15, 0.2) is 71.4 Å². The van der Waals surface area contributed by atoms with Gasteiger partial charge in [-0.1, -0.05) is 62.4 Å².